The molecule has 2 aromatic carbocycles. The number of hydrogen-bond donors (Lipinski definition) is 1. The number of amides is 2. The molecule has 132 valence electrons. The van der Waals surface area contributed by atoms with Gasteiger partial charge in [0.2, 0.25) is 0 Å². The summed E-state index contributed by atoms with van der Waals surface area (Å²) in [5.41, 5.74) is 1.92. The highest BCUT2D eigenvalue weighted by Crippen LogP contribution is 2.47. The van der Waals surface area contributed by atoms with Crippen LogP contribution in [0.2, 0.25) is 0 Å². The molecule has 0 unspecified atom stereocenters. The zero-order valence-corrected chi connectivity index (χ0v) is 16.2. The van der Waals surface area contributed by atoms with E-state index in [1.54, 1.807) is 11.8 Å². The van der Waals surface area contributed by atoms with E-state index in [0.717, 1.165) is 33.3 Å². The minimum Gasteiger partial charge on any atom is -0.337 e. The van der Waals surface area contributed by atoms with E-state index in [0.29, 0.717) is 6.54 Å². The largest absolute Gasteiger partial charge is 0.337 e. The zero-order chi connectivity index (χ0) is 17.5. The molecule has 0 aliphatic carbocycles. The molecular formula is C20H24N2OS2. The summed E-state index contributed by atoms with van der Waals surface area (Å²) in [6.45, 7) is 2.93. The van der Waals surface area contributed by atoms with Gasteiger partial charge in [-0.3, -0.25) is 4.90 Å². The Morgan fingerprint density at radius 3 is 2.24 bits per heavy atom. The fraction of sp³-hybridized carbons (Fsp3) is 0.350. The number of benzene rings is 2. The molecule has 3 rings (SSSR count). The molecule has 1 aliphatic heterocycles. The van der Waals surface area contributed by atoms with Crippen molar-refractivity contribution in [3.05, 3.63) is 48.5 Å². The van der Waals surface area contributed by atoms with Crippen LogP contribution in [0.3, 0.4) is 0 Å². The maximum Gasteiger partial charge on any atom is 0.326 e. The molecule has 0 fully saturated rings. The Balaban J connectivity index is 1.64. The number of fused-ring (bicyclic) bond motifs is 2. The number of rotatable bonds is 7. The lowest BCUT2D eigenvalue weighted by Crippen LogP contribution is -2.38. The number of nitrogens with one attached hydrogen (secondary N) is 1. The first-order valence-corrected chi connectivity index (χ1v) is 10.8. The summed E-state index contributed by atoms with van der Waals surface area (Å²) in [5.74, 6) is 2.32. The van der Waals surface area contributed by atoms with E-state index in [1.165, 1.54) is 18.6 Å². The number of thioether (sulfide) groups is 1. The molecule has 0 aromatic heterocycles. The molecule has 25 heavy (non-hydrogen) atoms. The number of unbranched alkanes of at least 4 members (excludes halogenated alkanes) is 1. The standard InChI is InChI=1S/C20H24N2OS2/c1-2-3-14-24-15-8-13-21-20(23)22-16-9-4-6-11-18(16)25-19-12-7-5-10-17(19)22/h4-7,9-12H,2-3,8,13-15H2,1H3,(H,21,23). The Kier molecular flexibility index (Phi) is 6.70. The van der Waals surface area contributed by atoms with Crippen LogP contribution in [0.15, 0.2) is 58.3 Å². The molecule has 0 saturated carbocycles. The van der Waals surface area contributed by atoms with Crippen molar-refractivity contribution in [3.8, 4) is 0 Å². The van der Waals surface area contributed by atoms with Crippen molar-refractivity contribution in [2.45, 2.75) is 36.0 Å². The summed E-state index contributed by atoms with van der Waals surface area (Å²) >= 11 is 3.69. The minimum absolute atomic E-state index is 0.0428. The van der Waals surface area contributed by atoms with Crippen molar-refractivity contribution in [1.29, 1.82) is 0 Å². The van der Waals surface area contributed by atoms with E-state index in [2.05, 4.69) is 24.4 Å². The van der Waals surface area contributed by atoms with E-state index in [9.17, 15) is 4.79 Å². The number of hydrogen-bond acceptors (Lipinski definition) is 3. The molecule has 5 heteroatoms. The summed E-state index contributed by atoms with van der Waals surface area (Å²) in [5, 5.41) is 3.09. The van der Waals surface area contributed by atoms with Crippen molar-refractivity contribution < 1.29 is 4.79 Å². The maximum atomic E-state index is 12.9. The molecule has 2 amide bonds. The van der Waals surface area contributed by atoms with E-state index >= 15 is 0 Å². The average molecular weight is 373 g/mol. The molecule has 2 aromatic rings. The first-order chi connectivity index (χ1) is 12.3. The van der Waals surface area contributed by atoms with Gasteiger partial charge < -0.3 is 5.32 Å². The predicted octanol–water partition coefficient (Wildman–Crippen LogP) is 5.92. The Bertz CT molecular complexity index is 675. The van der Waals surface area contributed by atoms with Gasteiger partial charge in [-0.1, -0.05) is 49.4 Å². The molecule has 1 N–H and O–H groups in total. The van der Waals surface area contributed by atoms with E-state index in [-0.39, 0.29) is 6.03 Å². The average Bonchev–Trinajstić information content (AvgIpc) is 2.65. The normalized spacial score (nSPS) is 12.4. The predicted molar refractivity (Wildman–Crippen MR) is 109 cm³/mol. The summed E-state index contributed by atoms with van der Waals surface area (Å²) < 4.78 is 0. The first-order valence-electron chi connectivity index (χ1n) is 8.83. The second-order valence-corrected chi connectivity index (χ2v) is 8.23. The Hall–Kier alpha value is -1.59. The molecule has 0 spiro atoms. The molecule has 1 heterocycles. The van der Waals surface area contributed by atoms with Gasteiger partial charge in [0.05, 0.1) is 11.4 Å². The van der Waals surface area contributed by atoms with Gasteiger partial charge in [-0.15, -0.1) is 0 Å². The molecule has 0 bridgehead atoms. The summed E-state index contributed by atoms with van der Waals surface area (Å²) in [6, 6.07) is 16.1. The zero-order valence-electron chi connectivity index (χ0n) is 14.5. The fourth-order valence-electron chi connectivity index (χ4n) is 2.72. The van der Waals surface area contributed by atoms with Gasteiger partial charge >= 0.3 is 6.03 Å². The summed E-state index contributed by atoms with van der Waals surface area (Å²) in [7, 11) is 0. The third-order valence-corrected chi connectivity index (χ3v) is 6.30. The number of carbonyl (C=O) groups is 1. The summed E-state index contributed by atoms with van der Waals surface area (Å²) in [4.78, 5) is 16.9. The summed E-state index contributed by atoms with van der Waals surface area (Å²) in [6.07, 6.45) is 3.53. The van der Waals surface area contributed by atoms with Crippen molar-refractivity contribution in [2.75, 3.05) is 23.0 Å². The Morgan fingerprint density at radius 2 is 1.60 bits per heavy atom. The van der Waals surface area contributed by atoms with Crippen LogP contribution in [0.4, 0.5) is 16.2 Å². The number of nitrogens with zero attached hydrogens (tertiary/aromatic N) is 1. The van der Waals surface area contributed by atoms with E-state index in [4.69, 9.17) is 0 Å². The van der Waals surface area contributed by atoms with Crippen LogP contribution >= 0.6 is 23.5 Å². The van der Waals surface area contributed by atoms with Crippen LogP contribution in [-0.4, -0.2) is 24.1 Å². The lowest BCUT2D eigenvalue weighted by molar-refractivity contribution is 0.248. The lowest BCUT2D eigenvalue weighted by Gasteiger charge is -2.31. The molecule has 0 atom stereocenters. The maximum absolute atomic E-state index is 12.9. The molecule has 0 radical (unpaired) electrons. The second-order valence-electron chi connectivity index (χ2n) is 5.92. The van der Waals surface area contributed by atoms with Gasteiger partial charge in [0.15, 0.2) is 0 Å². The smallest absolute Gasteiger partial charge is 0.326 e. The highest BCUT2D eigenvalue weighted by atomic mass is 32.2. The highest BCUT2D eigenvalue weighted by Gasteiger charge is 2.27. The van der Waals surface area contributed by atoms with Crippen LogP contribution in [-0.2, 0) is 0 Å². The van der Waals surface area contributed by atoms with Crippen molar-refractivity contribution in [1.82, 2.24) is 5.32 Å². The quantitative estimate of drug-likeness (QED) is 0.612. The third-order valence-electron chi connectivity index (χ3n) is 4.02. The SMILES string of the molecule is CCCCSCCCNC(=O)N1c2ccccc2Sc2ccccc21. The number of anilines is 2. The number of carbonyl (C=O) groups excluding carboxylic acids is 1. The molecule has 3 nitrogen and oxygen atoms in total. The molecule has 0 saturated heterocycles. The number of urea groups is 1. The third kappa shape index (κ3) is 4.53. The van der Waals surface area contributed by atoms with Crippen LogP contribution in [0.1, 0.15) is 26.2 Å². The van der Waals surface area contributed by atoms with Gasteiger partial charge in [-0.25, -0.2) is 4.79 Å². The van der Waals surface area contributed by atoms with Crippen LogP contribution in [0.25, 0.3) is 0 Å². The van der Waals surface area contributed by atoms with Gasteiger partial charge in [0, 0.05) is 16.3 Å². The van der Waals surface area contributed by atoms with Gasteiger partial charge in [-0.05, 0) is 48.6 Å². The lowest BCUT2D eigenvalue weighted by atomic mass is 10.2. The number of para-hydroxylation sites is 2. The van der Waals surface area contributed by atoms with Crippen molar-refractivity contribution in [2.24, 2.45) is 0 Å². The topological polar surface area (TPSA) is 32.3 Å². The Labute approximate surface area is 158 Å². The van der Waals surface area contributed by atoms with Crippen molar-refractivity contribution >= 4 is 40.9 Å². The van der Waals surface area contributed by atoms with Gasteiger partial charge in [0.25, 0.3) is 0 Å². The van der Waals surface area contributed by atoms with Crippen LogP contribution in [0, 0.1) is 0 Å². The Morgan fingerprint density at radius 1 is 1.00 bits per heavy atom. The van der Waals surface area contributed by atoms with Gasteiger partial charge in [0.1, 0.15) is 0 Å². The van der Waals surface area contributed by atoms with E-state index < -0.39 is 0 Å². The minimum atomic E-state index is -0.0428. The van der Waals surface area contributed by atoms with E-state index in [1.807, 2.05) is 53.1 Å². The fourth-order valence-corrected chi connectivity index (χ4v) is 4.82. The van der Waals surface area contributed by atoms with Crippen LogP contribution in [0.5, 0.6) is 0 Å². The molecule has 1 aliphatic rings. The monoisotopic (exact) mass is 372 g/mol. The first kappa shape index (κ1) is 18.2. The molecular weight excluding hydrogens is 348 g/mol. The van der Waals surface area contributed by atoms with Crippen molar-refractivity contribution in [3.63, 3.8) is 0 Å². The second kappa shape index (κ2) is 9.20. The van der Waals surface area contributed by atoms with Gasteiger partial charge in [-0.2, -0.15) is 11.8 Å². The highest BCUT2D eigenvalue weighted by molar-refractivity contribution is 7.99. The van der Waals surface area contributed by atoms with Crippen LogP contribution < -0.4 is 10.2 Å².